The zero-order chi connectivity index (χ0) is 30.0. The summed E-state index contributed by atoms with van der Waals surface area (Å²) in [6.45, 7) is 16.9. The van der Waals surface area contributed by atoms with E-state index in [1.165, 1.54) is 4.68 Å². The Morgan fingerprint density at radius 1 is 1.08 bits per heavy atom. The lowest BCUT2D eigenvalue weighted by molar-refractivity contribution is -0.138. The number of hydrogen-bond donors (Lipinski definition) is 4. The molecule has 0 saturated carbocycles. The van der Waals surface area contributed by atoms with E-state index in [9.17, 15) is 19.2 Å². The number of aliphatic carboxylic acids is 1. The van der Waals surface area contributed by atoms with Gasteiger partial charge in [-0.05, 0) is 64.0 Å². The number of ether oxygens (including phenoxy) is 1. The number of carboxylic acids is 1. The molecule has 216 valence electrons. The molecule has 2 rings (SSSR count). The topological polar surface area (TPSA) is 175 Å². The van der Waals surface area contributed by atoms with Crippen LogP contribution in [0.2, 0.25) is 18.1 Å². The van der Waals surface area contributed by atoms with Crippen molar-refractivity contribution in [3.63, 3.8) is 0 Å². The van der Waals surface area contributed by atoms with Crippen molar-refractivity contribution in [3.8, 4) is 0 Å². The van der Waals surface area contributed by atoms with Crippen LogP contribution in [0.3, 0.4) is 0 Å². The summed E-state index contributed by atoms with van der Waals surface area (Å²) in [6.07, 6.45) is -0.848. The molecule has 3 amide bonds. The highest BCUT2D eigenvalue weighted by Crippen LogP contribution is 2.38. The molecule has 5 N–H and O–H groups in total. The van der Waals surface area contributed by atoms with E-state index in [1.54, 1.807) is 45.9 Å². The molecular formula is C26H41N5O7Si. The van der Waals surface area contributed by atoms with Gasteiger partial charge in [0.2, 0.25) is 5.91 Å². The first-order valence-corrected chi connectivity index (χ1v) is 15.5. The summed E-state index contributed by atoms with van der Waals surface area (Å²) in [5.74, 6) is -2.49. The number of nitrogens with one attached hydrogen (secondary N) is 2. The predicted octanol–water partition coefficient (Wildman–Crippen LogP) is 3.81. The van der Waals surface area contributed by atoms with Crippen molar-refractivity contribution >= 4 is 48.8 Å². The molecule has 0 radical (unpaired) electrons. The minimum Gasteiger partial charge on any atom is -0.480 e. The number of nitrogens with two attached hydrogens (primary N) is 1. The van der Waals surface area contributed by atoms with Gasteiger partial charge in [0.25, 0.3) is 5.91 Å². The second kappa shape index (κ2) is 11.3. The molecule has 0 unspecified atom stereocenters. The van der Waals surface area contributed by atoms with Gasteiger partial charge in [-0.1, -0.05) is 20.8 Å². The van der Waals surface area contributed by atoms with Gasteiger partial charge < -0.3 is 25.3 Å². The number of carbonyl (C=O) groups is 4. The van der Waals surface area contributed by atoms with E-state index in [4.69, 9.17) is 20.0 Å². The van der Waals surface area contributed by atoms with E-state index in [0.717, 1.165) is 0 Å². The molecule has 0 fully saturated rings. The lowest BCUT2D eigenvalue weighted by Gasteiger charge is -2.40. The number of rotatable bonds is 10. The van der Waals surface area contributed by atoms with Crippen molar-refractivity contribution in [1.82, 2.24) is 15.1 Å². The van der Waals surface area contributed by atoms with Gasteiger partial charge in [-0.3, -0.25) is 24.4 Å². The predicted molar refractivity (Wildman–Crippen MR) is 150 cm³/mol. The smallest absolute Gasteiger partial charge is 0.412 e. The molecule has 1 aromatic carbocycles. The summed E-state index contributed by atoms with van der Waals surface area (Å²) < 4.78 is 13.3. The number of primary amides is 1. The van der Waals surface area contributed by atoms with Crippen molar-refractivity contribution in [2.75, 3.05) is 18.5 Å². The molecule has 0 aliphatic carbocycles. The van der Waals surface area contributed by atoms with Crippen LogP contribution in [0.25, 0.3) is 10.9 Å². The second-order valence-corrected chi connectivity index (χ2v) is 17.2. The van der Waals surface area contributed by atoms with Crippen molar-refractivity contribution in [2.24, 2.45) is 5.73 Å². The fourth-order valence-electron chi connectivity index (χ4n) is 3.53. The Morgan fingerprint density at radius 2 is 1.69 bits per heavy atom. The van der Waals surface area contributed by atoms with Gasteiger partial charge in [-0.15, -0.1) is 0 Å². The molecule has 0 aliphatic rings. The Hall–Kier alpha value is -3.45. The number of carbonyl (C=O) groups excluding carboxylic acids is 3. The molecule has 12 nitrogen and oxygen atoms in total. The number of hydrogen-bond acceptors (Lipinski definition) is 7. The Kier molecular flexibility index (Phi) is 9.24. The minimum absolute atomic E-state index is 0.0534. The average Bonchev–Trinajstić information content (AvgIpc) is 3.14. The van der Waals surface area contributed by atoms with E-state index >= 15 is 0 Å². The quantitative estimate of drug-likeness (QED) is 0.316. The molecule has 0 saturated heterocycles. The van der Waals surface area contributed by atoms with Gasteiger partial charge in [-0.25, -0.2) is 4.79 Å². The summed E-state index contributed by atoms with van der Waals surface area (Å²) in [6, 6.07) is 4.83. The molecular weight excluding hydrogens is 522 g/mol. The summed E-state index contributed by atoms with van der Waals surface area (Å²) in [5, 5.41) is 18.7. The number of benzene rings is 1. The minimum atomic E-state index is -2.28. The number of carboxylic acid groups (broad SMARTS) is 1. The van der Waals surface area contributed by atoms with Crippen LogP contribution in [0.4, 0.5) is 10.5 Å². The number of fused-ring (bicyclic) bond motifs is 1. The van der Waals surface area contributed by atoms with Crippen LogP contribution in [-0.2, 0) is 24.3 Å². The first-order valence-electron chi connectivity index (χ1n) is 12.6. The van der Waals surface area contributed by atoms with E-state index < -0.39 is 49.9 Å². The van der Waals surface area contributed by atoms with Crippen molar-refractivity contribution < 1.29 is 33.4 Å². The Balaban J connectivity index is 2.59. The van der Waals surface area contributed by atoms with Crippen molar-refractivity contribution in [2.45, 2.75) is 84.2 Å². The van der Waals surface area contributed by atoms with Crippen molar-refractivity contribution in [1.29, 1.82) is 0 Å². The molecule has 39 heavy (non-hydrogen) atoms. The normalized spacial score (nSPS) is 14.0. The molecule has 13 heteroatoms. The van der Waals surface area contributed by atoms with E-state index in [1.807, 2.05) is 0 Å². The Morgan fingerprint density at radius 3 is 2.21 bits per heavy atom. The number of nitrogens with zero attached hydrogens (tertiary/aromatic N) is 2. The third kappa shape index (κ3) is 8.26. The monoisotopic (exact) mass is 563 g/mol. The highest BCUT2D eigenvalue weighted by molar-refractivity contribution is 6.74. The summed E-state index contributed by atoms with van der Waals surface area (Å²) >= 11 is 0. The third-order valence-corrected chi connectivity index (χ3v) is 11.1. The maximum absolute atomic E-state index is 12.8. The molecule has 0 spiro atoms. The Labute approximate surface area is 229 Å². The van der Waals surface area contributed by atoms with Crippen LogP contribution in [0.5, 0.6) is 0 Å². The maximum Gasteiger partial charge on any atom is 0.412 e. The lowest BCUT2D eigenvalue weighted by atomic mass is 9.98. The van der Waals surface area contributed by atoms with E-state index in [2.05, 4.69) is 49.6 Å². The largest absolute Gasteiger partial charge is 0.480 e. The van der Waals surface area contributed by atoms with Gasteiger partial charge in [0, 0.05) is 11.1 Å². The lowest BCUT2D eigenvalue weighted by Crippen LogP contribution is -2.48. The highest BCUT2D eigenvalue weighted by Gasteiger charge is 2.41. The SMILES string of the molecule is CC(C)(C)OC(=O)Nc1ccc2c(c1)c(C(N)=O)nn2[C@](C)(CO[Si](C)(C)C(C)(C)C)CC(=O)NCC(=O)O. The summed E-state index contributed by atoms with van der Waals surface area (Å²) in [4.78, 5) is 48.5. The molecule has 1 atom stereocenters. The fraction of sp³-hybridized carbons (Fsp3) is 0.577. The number of amides is 3. The molecule has 0 bridgehead atoms. The van der Waals surface area contributed by atoms with Gasteiger partial charge in [0.05, 0.1) is 24.1 Å². The standard InChI is InChI=1S/C26H41N5O7Si/c1-24(2,3)38-23(36)29-16-10-11-18-17(12-16)21(22(27)35)30-31(18)26(7,13-19(32)28-14-20(33)34)15-37-39(8,9)25(4,5)6/h10-12H,13-15H2,1-9H3,(H2,27,35)(H,28,32)(H,29,36)(H,33,34)/t26-/m0/s1. The van der Waals surface area contributed by atoms with Crippen LogP contribution in [0.15, 0.2) is 18.2 Å². The maximum atomic E-state index is 12.8. The molecule has 0 aliphatic heterocycles. The number of anilines is 1. The van der Waals surface area contributed by atoms with Crippen LogP contribution in [0, 0.1) is 0 Å². The highest BCUT2D eigenvalue weighted by atomic mass is 28.4. The van der Waals surface area contributed by atoms with E-state index in [-0.39, 0.29) is 23.8 Å². The van der Waals surface area contributed by atoms with Gasteiger partial charge >= 0.3 is 12.1 Å². The van der Waals surface area contributed by atoms with Crippen LogP contribution < -0.4 is 16.4 Å². The van der Waals surface area contributed by atoms with Crippen LogP contribution in [0.1, 0.15) is 65.4 Å². The Bertz CT molecular complexity index is 1260. The summed E-state index contributed by atoms with van der Waals surface area (Å²) in [7, 11) is -2.28. The van der Waals surface area contributed by atoms with Crippen molar-refractivity contribution in [3.05, 3.63) is 23.9 Å². The van der Waals surface area contributed by atoms with Gasteiger partial charge in [0.15, 0.2) is 14.0 Å². The first-order chi connectivity index (χ1) is 17.6. The summed E-state index contributed by atoms with van der Waals surface area (Å²) in [5.41, 5.74) is 4.62. The van der Waals surface area contributed by atoms with Gasteiger partial charge in [0.1, 0.15) is 12.1 Å². The first kappa shape index (κ1) is 31.8. The van der Waals surface area contributed by atoms with Crippen LogP contribution in [-0.4, -0.2) is 65.8 Å². The second-order valence-electron chi connectivity index (χ2n) is 12.4. The third-order valence-electron chi connectivity index (χ3n) is 6.60. The van der Waals surface area contributed by atoms with Crippen LogP contribution >= 0.6 is 0 Å². The van der Waals surface area contributed by atoms with Gasteiger partial charge in [-0.2, -0.15) is 5.10 Å². The fourth-order valence-corrected chi connectivity index (χ4v) is 4.64. The molecule has 2 aromatic rings. The van der Waals surface area contributed by atoms with E-state index in [0.29, 0.717) is 16.6 Å². The molecule has 1 heterocycles. The zero-order valence-electron chi connectivity index (χ0n) is 24.2. The zero-order valence-corrected chi connectivity index (χ0v) is 25.2. The number of aromatic nitrogens is 2. The average molecular weight is 564 g/mol. The molecule has 1 aromatic heterocycles.